The van der Waals surface area contributed by atoms with E-state index in [1.54, 1.807) is 5.06 Å². The molecule has 4 heteroatoms. The van der Waals surface area contributed by atoms with Crippen LogP contribution in [0.1, 0.15) is 32.6 Å². The van der Waals surface area contributed by atoms with E-state index in [2.05, 4.69) is 5.32 Å². The van der Waals surface area contributed by atoms with Crippen LogP contribution in [-0.4, -0.2) is 37.2 Å². The fourth-order valence-corrected chi connectivity index (χ4v) is 2.30. The number of amides is 1. The first-order chi connectivity index (χ1) is 7.22. The summed E-state index contributed by atoms with van der Waals surface area (Å²) in [6.07, 6.45) is 4.18. The highest BCUT2D eigenvalue weighted by Gasteiger charge is 2.38. The Morgan fingerprint density at radius 1 is 1.40 bits per heavy atom. The van der Waals surface area contributed by atoms with E-state index in [0.717, 1.165) is 45.3 Å². The normalized spacial score (nSPS) is 32.7. The number of nitrogens with zero attached hydrogens (tertiary/aromatic N) is 1. The van der Waals surface area contributed by atoms with E-state index >= 15 is 0 Å². The smallest absolute Gasteiger partial charge is 0.253 e. The average molecular weight is 212 g/mol. The van der Waals surface area contributed by atoms with Crippen molar-refractivity contribution in [2.24, 2.45) is 5.41 Å². The molecule has 0 spiro atoms. The second-order valence-electron chi connectivity index (χ2n) is 4.79. The third-order valence-corrected chi connectivity index (χ3v) is 3.34. The average Bonchev–Trinajstić information content (AvgIpc) is 2.30. The molecule has 0 aliphatic carbocycles. The predicted octanol–water partition coefficient (Wildman–Crippen LogP) is 0.930. The molecule has 2 rings (SSSR count). The van der Waals surface area contributed by atoms with Gasteiger partial charge in [0.25, 0.3) is 5.91 Å². The minimum absolute atomic E-state index is 0.161. The van der Waals surface area contributed by atoms with Crippen molar-refractivity contribution in [2.45, 2.75) is 32.6 Å². The van der Waals surface area contributed by atoms with Crippen LogP contribution in [0, 0.1) is 5.41 Å². The Morgan fingerprint density at radius 3 is 2.87 bits per heavy atom. The Hall–Kier alpha value is -0.610. The zero-order valence-corrected chi connectivity index (χ0v) is 9.42. The summed E-state index contributed by atoms with van der Waals surface area (Å²) in [4.78, 5) is 17.7. The van der Waals surface area contributed by atoms with Crippen LogP contribution in [0.2, 0.25) is 0 Å². The van der Waals surface area contributed by atoms with E-state index in [9.17, 15) is 4.79 Å². The van der Waals surface area contributed by atoms with Crippen molar-refractivity contribution >= 4 is 5.91 Å². The van der Waals surface area contributed by atoms with E-state index in [1.165, 1.54) is 0 Å². The van der Waals surface area contributed by atoms with Crippen molar-refractivity contribution in [1.29, 1.82) is 0 Å². The molecule has 1 atom stereocenters. The van der Waals surface area contributed by atoms with E-state index in [4.69, 9.17) is 4.84 Å². The van der Waals surface area contributed by atoms with Crippen molar-refractivity contribution in [1.82, 2.24) is 10.4 Å². The van der Waals surface area contributed by atoms with Gasteiger partial charge in [0.1, 0.15) is 0 Å². The van der Waals surface area contributed by atoms with Crippen LogP contribution in [0.15, 0.2) is 0 Å². The molecule has 1 N–H and O–H groups in total. The molecule has 2 aliphatic rings. The number of rotatable bonds is 1. The molecule has 0 radical (unpaired) electrons. The Bertz CT molecular complexity index is 231. The van der Waals surface area contributed by atoms with Gasteiger partial charge in [0.2, 0.25) is 0 Å². The quantitative estimate of drug-likeness (QED) is 0.703. The van der Waals surface area contributed by atoms with Gasteiger partial charge in [-0.2, -0.15) is 0 Å². The maximum atomic E-state index is 12.2. The van der Waals surface area contributed by atoms with Crippen LogP contribution in [0.4, 0.5) is 0 Å². The highest BCUT2D eigenvalue weighted by Crippen LogP contribution is 2.28. The molecule has 2 saturated heterocycles. The number of carbonyl (C=O) groups is 1. The third-order valence-electron chi connectivity index (χ3n) is 3.34. The molecule has 2 aliphatic heterocycles. The maximum Gasteiger partial charge on any atom is 0.253 e. The third kappa shape index (κ3) is 2.32. The summed E-state index contributed by atoms with van der Waals surface area (Å²) in [7, 11) is 0. The molecule has 86 valence electrons. The van der Waals surface area contributed by atoms with Crippen molar-refractivity contribution in [2.75, 3.05) is 26.2 Å². The molecule has 2 heterocycles. The summed E-state index contributed by atoms with van der Waals surface area (Å²) < 4.78 is 0. The van der Waals surface area contributed by atoms with Crippen LogP contribution < -0.4 is 5.32 Å². The fraction of sp³-hybridized carbons (Fsp3) is 0.909. The highest BCUT2D eigenvalue weighted by atomic mass is 16.7. The lowest BCUT2D eigenvalue weighted by atomic mass is 9.81. The summed E-state index contributed by atoms with van der Waals surface area (Å²) in [5.74, 6) is 0.161. The summed E-state index contributed by atoms with van der Waals surface area (Å²) in [5, 5.41) is 4.87. The maximum absolute atomic E-state index is 12.2. The summed E-state index contributed by atoms with van der Waals surface area (Å²) in [6.45, 7) is 5.30. The van der Waals surface area contributed by atoms with Gasteiger partial charge in [-0.15, -0.1) is 0 Å². The second-order valence-corrected chi connectivity index (χ2v) is 4.79. The lowest BCUT2D eigenvalue weighted by molar-refractivity contribution is -0.207. The fourth-order valence-electron chi connectivity index (χ4n) is 2.30. The number of hydrogen-bond donors (Lipinski definition) is 1. The zero-order chi connectivity index (χ0) is 10.7. The number of hydroxylamine groups is 2. The predicted molar refractivity (Wildman–Crippen MR) is 57.1 cm³/mol. The first kappa shape index (κ1) is 10.9. The molecule has 0 bridgehead atoms. The van der Waals surface area contributed by atoms with Crippen LogP contribution in [0.25, 0.3) is 0 Å². The lowest BCUT2D eigenvalue weighted by Gasteiger charge is -2.37. The first-order valence-corrected chi connectivity index (χ1v) is 5.88. The molecule has 2 fully saturated rings. The van der Waals surface area contributed by atoms with Crippen LogP contribution in [0.5, 0.6) is 0 Å². The number of hydrogen-bond acceptors (Lipinski definition) is 3. The molecule has 4 nitrogen and oxygen atoms in total. The van der Waals surface area contributed by atoms with Gasteiger partial charge in [-0.25, -0.2) is 5.06 Å². The number of piperidine rings is 1. The molecular formula is C11H20N2O2. The number of nitrogens with one attached hydrogen (secondary N) is 1. The molecule has 15 heavy (non-hydrogen) atoms. The Kier molecular flexibility index (Phi) is 3.26. The molecular weight excluding hydrogens is 192 g/mol. The molecule has 0 aromatic rings. The Balaban J connectivity index is 1.98. The molecule has 0 saturated carbocycles. The van der Waals surface area contributed by atoms with E-state index in [0.29, 0.717) is 6.61 Å². The van der Waals surface area contributed by atoms with Gasteiger partial charge in [-0.05, 0) is 39.2 Å². The summed E-state index contributed by atoms with van der Waals surface area (Å²) >= 11 is 0. The van der Waals surface area contributed by atoms with Gasteiger partial charge in [-0.3, -0.25) is 9.63 Å². The van der Waals surface area contributed by atoms with Crippen molar-refractivity contribution in [3.63, 3.8) is 0 Å². The summed E-state index contributed by atoms with van der Waals surface area (Å²) in [6, 6.07) is 0. The molecule has 1 amide bonds. The van der Waals surface area contributed by atoms with Gasteiger partial charge in [0.15, 0.2) is 0 Å². The Morgan fingerprint density at radius 2 is 2.27 bits per heavy atom. The largest absolute Gasteiger partial charge is 0.316 e. The van der Waals surface area contributed by atoms with E-state index in [1.807, 2.05) is 6.92 Å². The van der Waals surface area contributed by atoms with Crippen molar-refractivity contribution < 1.29 is 9.63 Å². The minimum Gasteiger partial charge on any atom is -0.316 e. The monoisotopic (exact) mass is 212 g/mol. The van der Waals surface area contributed by atoms with Gasteiger partial charge >= 0.3 is 0 Å². The second kappa shape index (κ2) is 4.49. The standard InChI is InChI=1S/C11H20N2O2/c1-11(5-4-6-12-9-11)10(14)13-7-2-3-8-15-13/h12H,2-9H2,1H3. The van der Waals surface area contributed by atoms with E-state index in [-0.39, 0.29) is 11.3 Å². The number of carbonyl (C=O) groups excluding carboxylic acids is 1. The SMILES string of the molecule is CC1(C(=O)N2CCCCO2)CCCNC1. The molecule has 0 aromatic heterocycles. The zero-order valence-electron chi connectivity index (χ0n) is 9.42. The van der Waals surface area contributed by atoms with Crippen LogP contribution >= 0.6 is 0 Å². The van der Waals surface area contributed by atoms with Crippen molar-refractivity contribution in [3.05, 3.63) is 0 Å². The van der Waals surface area contributed by atoms with Crippen molar-refractivity contribution in [3.8, 4) is 0 Å². The lowest BCUT2D eigenvalue weighted by Crippen LogP contribution is -2.51. The first-order valence-electron chi connectivity index (χ1n) is 5.88. The Labute approximate surface area is 90.9 Å². The van der Waals surface area contributed by atoms with Gasteiger partial charge in [-0.1, -0.05) is 0 Å². The minimum atomic E-state index is -0.254. The van der Waals surface area contributed by atoms with Crippen LogP contribution in [0.3, 0.4) is 0 Å². The molecule has 1 unspecified atom stereocenters. The van der Waals surface area contributed by atoms with Gasteiger partial charge in [0.05, 0.1) is 12.0 Å². The summed E-state index contributed by atoms with van der Waals surface area (Å²) in [5.41, 5.74) is -0.254. The van der Waals surface area contributed by atoms with E-state index < -0.39 is 0 Å². The topological polar surface area (TPSA) is 41.6 Å². The van der Waals surface area contributed by atoms with Gasteiger partial charge < -0.3 is 5.32 Å². The highest BCUT2D eigenvalue weighted by molar-refractivity contribution is 5.81. The van der Waals surface area contributed by atoms with Gasteiger partial charge in [0, 0.05) is 13.1 Å². The molecule has 0 aromatic carbocycles. The van der Waals surface area contributed by atoms with Crippen LogP contribution in [-0.2, 0) is 9.63 Å².